The van der Waals surface area contributed by atoms with E-state index in [9.17, 15) is 0 Å². The number of hydrogen-bond acceptors (Lipinski definition) is 2. The number of nitrogen functional groups attached to an aromatic ring is 1. The predicted molar refractivity (Wildman–Crippen MR) is 81.5 cm³/mol. The van der Waals surface area contributed by atoms with E-state index in [1.165, 1.54) is 44.2 Å². The molecule has 1 atom stereocenters. The lowest BCUT2D eigenvalue weighted by atomic mass is 9.48. The molecule has 110 valence electrons. The van der Waals surface area contributed by atoms with Gasteiger partial charge < -0.3 is 5.73 Å². The van der Waals surface area contributed by atoms with Crippen LogP contribution < -0.4 is 5.73 Å². The number of anilines is 1. The molecule has 0 aliphatic heterocycles. The van der Waals surface area contributed by atoms with Gasteiger partial charge in [0.1, 0.15) is 0 Å². The van der Waals surface area contributed by atoms with Gasteiger partial charge >= 0.3 is 0 Å². The van der Waals surface area contributed by atoms with Gasteiger partial charge in [0.05, 0.1) is 11.4 Å². The smallest absolute Gasteiger partial charge is 0.0915 e. The molecule has 4 aliphatic carbocycles. The predicted octanol–water partition coefficient (Wildman–Crippen LogP) is 3.90. The van der Waals surface area contributed by atoms with E-state index in [4.69, 9.17) is 10.8 Å². The first-order chi connectivity index (χ1) is 9.59. The van der Waals surface area contributed by atoms with E-state index in [2.05, 4.69) is 24.7 Å². The van der Waals surface area contributed by atoms with E-state index in [0.717, 1.165) is 29.9 Å². The third kappa shape index (κ3) is 1.74. The molecule has 1 aromatic rings. The lowest BCUT2D eigenvalue weighted by Gasteiger charge is -2.56. The first-order valence-corrected chi connectivity index (χ1v) is 8.44. The molecule has 4 aliphatic rings. The summed E-state index contributed by atoms with van der Waals surface area (Å²) in [6.07, 6.45) is 11.7. The summed E-state index contributed by atoms with van der Waals surface area (Å²) < 4.78 is 2.11. The third-order valence-corrected chi connectivity index (χ3v) is 6.34. The van der Waals surface area contributed by atoms with Crippen molar-refractivity contribution in [2.24, 2.45) is 17.8 Å². The Morgan fingerprint density at radius 2 is 1.80 bits per heavy atom. The molecule has 3 heteroatoms. The van der Waals surface area contributed by atoms with Crippen molar-refractivity contribution in [3.8, 4) is 0 Å². The standard InChI is InChI=1S/C17H27N3/c1-3-11(2)20-10-15(18)16(19-20)17-7-12-4-13(8-17)6-14(5-12)9-17/h10-14H,3-9,18H2,1-2H3. The Morgan fingerprint density at radius 3 is 2.30 bits per heavy atom. The fourth-order valence-corrected chi connectivity index (χ4v) is 5.63. The highest BCUT2D eigenvalue weighted by molar-refractivity contribution is 5.46. The van der Waals surface area contributed by atoms with Gasteiger partial charge in [0.2, 0.25) is 0 Å². The zero-order chi connectivity index (χ0) is 13.9. The summed E-state index contributed by atoms with van der Waals surface area (Å²) in [4.78, 5) is 0. The number of nitrogens with two attached hydrogens (primary N) is 1. The van der Waals surface area contributed by atoms with Gasteiger partial charge in [0.25, 0.3) is 0 Å². The average Bonchev–Trinajstić information content (AvgIpc) is 2.79. The Bertz CT molecular complexity index is 481. The van der Waals surface area contributed by atoms with Gasteiger partial charge in [-0.15, -0.1) is 0 Å². The van der Waals surface area contributed by atoms with Crippen LogP contribution in [0.25, 0.3) is 0 Å². The molecular formula is C17H27N3. The molecule has 4 fully saturated rings. The van der Waals surface area contributed by atoms with Crippen LogP contribution in [0.3, 0.4) is 0 Å². The monoisotopic (exact) mass is 273 g/mol. The van der Waals surface area contributed by atoms with Crippen molar-refractivity contribution < 1.29 is 0 Å². The van der Waals surface area contributed by atoms with Gasteiger partial charge in [-0.1, -0.05) is 6.92 Å². The zero-order valence-corrected chi connectivity index (χ0v) is 12.8. The maximum Gasteiger partial charge on any atom is 0.0915 e. The van der Waals surface area contributed by atoms with Crippen LogP contribution in [0, 0.1) is 17.8 Å². The molecule has 0 radical (unpaired) electrons. The maximum absolute atomic E-state index is 6.37. The highest BCUT2D eigenvalue weighted by atomic mass is 15.3. The molecular weight excluding hydrogens is 246 g/mol. The zero-order valence-electron chi connectivity index (χ0n) is 12.8. The number of rotatable bonds is 3. The molecule has 3 nitrogen and oxygen atoms in total. The minimum atomic E-state index is 0.331. The number of aromatic nitrogens is 2. The number of nitrogens with zero attached hydrogens (tertiary/aromatic N) is 2. The van der Waals surface area contributed by atoms with Crippen molar-refractivity contribution in [1.29, 1.82) is 0 Å². The Morgan fingerprint density at radius 1 is 1.25 bits per heavy atom. The van der Waals surface area contributed by atoms with Gasteiger partial charge in [-0.3, -0.25) is 4.68 Å². The Balaban J connectivity index is 1.72. The van der Waals surface area contributed by atoms with Gasteiger partial charge in [0, 0.05) is 17.7 Å². The summed E-state index contributed by atoms with van der Waals surface area (Å²) in [5.41, 5.74) is 8.90. The molecule has 4 bridgehead atoms. The summed E-state index contributed by atoms with van der Waals surface area (Å²) in [5, 5.41) is 4.96. The van der Waals surface area contributed by atoms with E-state index >= 15 is 0 Å². The SMILES string of the molecule is CCC(C)n1cc(N)c(C23CC4CC(CC(C4)C2)C3)n1. The summed E-state index contributed by atoms with van der Waals surface area (Å²) >= 11 is 0. The van der Waals surface area contributed by atoms with E-state index in [1.807, 2.05) is 0 Å². The van der Waals surface area contributed by atoms with Crippen molar-refractivity contribution in [2.45, 2.75) is 70.3 Å². The van der Waals surface area contributed by atoms with Gasteiger partial charge in [-0.05, 0) is 69.6 Å². The van der Waals surface area contributed by atoms with Gasteiger partial charge in [0.15, 0.2) is 0 Å². The molecule has 20 heavy (non-hydrogen) atoms. The minimum Gasteiger partial charge on any atom is -0.396 e. The van der Waals surface area contributed by atoms with Crippen molar-refractivity contribution >= 4 is 5.69 Å². The fraction of sp³-hybridized carbons (Fsp3) is 0.824. The molecule has 2 N–H and O–H groups in total. The molecule has 1 aromatic heterocycles. The van der Waals surface area contributed by atoms with Crippen LogP contribution in [0.15, 0.2) is 6.20 Å². The second-order valence-electron chi connectivity index (χ2n) is 7.87. The van der Waals surface area contributed by atoms with Crippen LogP contribution in [-0.2, 0) is 5.41 Å². The summed E-state index contributed by atoms with van der Waals surface area (Å²) in [6, 6.07) is 0.458. The second kappa shape index (κ2) is 4.25. The van der Waals surface area contributed by atoms with E-state index in [0.29, 0.717) is 11.5 Å². The Kier molecular flexibility index (Phi) is 2.71. The average molecular weight is 273 g/mol. The largest absolute Gasteiger partial charge is 0.396 e. The van der Waals surface area contributed by atoms with Crippen molar-refractivity contribution in [3.63, 3.8) is 0 Å². The maximum atomic E-state index is 6.37. The van der Waals surface area contributed by atoms with E-state index < -0.39 is 0 Å². The van der Waals surface area contributed by atoms with E-state index in [-0.39, 0.29) is 0 Å². The molecule has 0 saturated heterocycles. The van der Waals surface area contributed by atoms with Crippen LogP contribution in [0.1, 0.15) is 70.5 Å². The highest BCUT2D eigenvalue weighted by Gasteiger charge is 2.53. The second-order valence-corrected chi connectivity index (χ2v) is 7.87. The minimum absolute atomic E-state index is 0.331. The van der Waals surface area contributed by atoms with Crippen molar-refractivity contribution in [3.05, 3.63) is 11.9 Å². The molecule has 5 rings (SSSR count). The summed E-state index contributed by atoms with van der Waals surface area (Å²) in [6.45, 7) is 4.45. The molecule has 0 aromatic carbocycles. The molecule has 1 unspecified atom stereocenters. The Labute approximate surface area is 121 Å². The quantitative estimate of drug-likeness (QED) is 0.907. The van der Waals surface area contributed by atoms with E-state index in [1.54, 1.807) is 0 Å². The highest BCUT2D eigenvalue weighted by Crippen LogP contribution is 2.61. The number of hydrogen-bond donors (Lipinski definition) is 1. The third-order valence-electron chi connectivity index (χ3n) is 6.34. The van der Waals surface area contributed by atoms with Crippen LogP contribution in [0.2, 0.25) is 0 Å². The van der Waals surface area contributed by atoms with Crippen LogP contribution >= 0.6 is 0 Å². The lowest BCUT2D eigenvalue weighted by molar-refractivity contribution is -0.00720. The van der Waals surface area contributed by atoms with Crippen LogP contribution in [0.5, 0.6) is 0 Å². The van der Waals surface area contributed by atoms with Gasteiger partial charge in [-0.25, -0.2) is 0 Å². The molecule has 0 amide bonds. The first-order valence-electron chi connectivity index (χ1n) is 8.44. The first kappa shape index (κ1) is 12.7. The Hall–Kier alpha value is -0.990. The van der Waals surface area contributed by atoms with Gasteiger partial charge in [-0.2, -0.15) is 5.10 Å². The van der Waals surface area contributed by atoms with Crippen molar-refractivity contribution in [1.82, 2.24) is 9.78 Å². The van der Waals surface area contributed by atoms with Crippen molar-refractivity contribution in [2.75, 3.05) is 5.73 Å². The molecule has 4 saturated carbocycles. The topological polar surface area (TPSA) is 43.8 Å². The lowest BCUT2D eigenvalue weighted by Crippen LogP contribution is -2.49. The normalized spacial score (nSPS) is 40.2. The summed E-state index contributed by atoms with van der Waals surface area (Å²) in [5.74, 6) is 2.86. The summed E-state index contributed by atoms with van der Waals surface area (Å²) in [7, 11) is 0. The fourth-order valence-electron chi connectivity index (χ4n) is 5.63. The molecule has 0 spiro atoms. The van der Waals surface area contributed by atoms with Crippen LogP contribution in [0.4, 0.5) is 5.69 Å². The van der Waals surface area contributed by atoms with Crippen LogP contribution in [-0.4, -0.2) is 9.78 Å². The molecule has 1 heterocycles.